The smallest absolute Gasteiger partial charge is 0.325 e. The van der Waals surface area contributed by atoms with Crippen molar-refractivity contribution in [3.05, 3.63) is 60.1 Å². The van der Waals surface area contributed by atoms with E-state index in [0.717, 1.165) is 34.8 Å². The zero-order chi connectivity index (χ0) is 24.5. The SMILES string of the molecule is COc1ccc2c(c1)c([C@@H](C(=O)O)N1CCC(c3nc4ccccc4o3)CC1)cn2CCC(=O)O. The number of aromatic nitrogens is 2. The summed E-state index contributed by atoms with van der Waals surface area (Å²) in [5.41, 5.74) is 3.01. The van der Waals surface area contributed by atoms with Gasteiger partial charge in [0.2, 0.25) is 0 Å². The Morgan fingerprint density at radius 2 is 1.94 bits per heavy atom. The predicted octanol–water partition coefficient (Wildman–Crippen LogP) is 4.27. The zero-order valence-corrected chi connectivity index (χ0v) is 19.4. The molecule has 0 amide bonds. The molecule has 1 saturated heterocycles. The molecule has 35 heavy (non-hydrogen) atoms. The van der Waals surface area contributed by atoms with E-state index in [1.165, 1.54) is 0 Å². The lowest BCUT2D eigenvalue weighted by molar-refractivity contribution is -0.144. The lowest BCUT2D eigenvalue weighted by Crippen LogP contribution is -2.39. The van der Waals surface area contributed by atoms with E-state index in [4.69, 9.17) is 14.3 Å². The molecule has 0 spiro atoms. The Bertz CT molecular complexity index is 1350. The number of hydrogen-bond acceptors (Lipinski definition) is 6. The maximum atomic E-state index is 12.5. The van der Waals surface area contributed by atoms with Gasteiger partial charge in [0.25, 0.3) is 0 Å². The van der Waals surface area contributed by atoms with Gasteiger partial charge in [0.05, 0.1) is 13.5 Å². The number of carboxylic acid groups (broad SMARTS) is 2. The zero-order valence-electron chi connectivity index (χ0n) is 19.4. The van der Waals surface area contributed by atoms with Crippen molar-refractivity contribution in [1.82, 2.24) is 14.5 Å². The van der Waals surface area contributed by atoms with Gasteiger partial charge in [-0.2, -0.15) is 0 Å². The first kappa shape index (κ1) is 22.9. The number of methoxy groups -OCH3 is 1. The van der Waals surface area contributed by atoms with E-state index < -0.39 is 18.0 Å². The third kappa shape index (κ3) is 4.46. The van der Waals surface area contributed by atoms with E-state index in [1.807, 2.05) is 45.9 Å². The van der Waals surface area contributed by atoms with Gasteiger partial charge in [-0.05, 0) is 43.2 Å². The van der Waals surface area contributed by atoms with Crippen molar-refractivity contribution in [3.63, 3.8) is 0 Å². The molecule has 0 radical (unpaired) electrons. The Morgan fingerprint density at radius 3 is 2.63 bits per heavy atom. The molecule has 0 bridgehead atoms. The lowest BCUT2D eigenvalue weighted by Gasteiger charge is -2.34. The molecule has 1 fully saturated rings. The summed E-state index contributed by atoms with van der Waals surface area (Å²) in [6.45, 7) is 1.41. The summed E-state index contributed by atoms with van der Waals surface area (Å²) in [5.74, 6) is -0.394. The van der Waals surface area contributed by atoms with Crippen LogP contribution in [0.25, 0.3) is 22.0 Å². The molecule has 3 heterocycles. The van der Waals surface area contributed by atoms with Crippen LogP contribution in [-0.2, 0) is 16.1 Å². The van der Waals surface area contributed by atoms with E-state index >= 15 is 0 Å². The minimum Gasteiger partial charge on any atom is -0.497 e. The van der Waals surface area contributed by atoms with Crippen LogP contribution in [0.5, 0.6) is 5.75 Å². The molecule has 0 unspecified atom stereocenters. The number of nitrogens with zero attached hydrogens (tertiary/aromatic N) is 3. The molecule has 0 aliphatic carbocycles. The Labute approximate surface area is 201 Å². The number of likely N-dealkylation sites (tertiary alicyclic amines) is 1. The summed E-state index contributed by atoms with van der Waals surface area (Å²) in [5, 5.41) is 20.2. The van der Waals surface area contributed by atoms with Crippen LogP contribution in [-0.4, -0.2) is 56.8 Å². The van der Waals surface area contributed by atoms with Crippen molar-refractivity contribution in [3.8, 4) is 5.75 Å². The van der Waals surface area contributed by atoms with Crippen LogP contribution < -0.4 is 4.74 Å². The number of carboxylic acids is 2. The maximum absolute atomic E-state index is 12.5. The number of oxazole rings is 1. The van der Waals surface area contributed by atoms with E-state index in [1.54, 1.807) is 19.4 Å². The molecule has 1 atom stereocenters. The Morgan fingerprint density at radius 1 is 1.17 bits per heavy atom. The fourth-order valence-electron chi connectivity index (χ4n) is 5.00. The topological polar surface area (TPSA) is 118 Å². The molecular weight excluding hydrogens is 450 g/mol. The highest BCUT2D eigenvalue weighted by Crippen LogP contribution is 2.37. The fraction of sp³-hybridized carbons (Fsp3) is 0.346. The van der Waals surface area contributed by atoms with Crippen LogP contribution in [0.15, 0.2) is 53.1 Å². The van der Waals surface area contributed by atoms with Crippen LogP contribution in [0.2, 0.25) is 0 Å². The van der Waals surface area contributed by atoms with Crippen molar-refractivity contribution in [2.75, 3.05) is 20.2 Å². The molecule has 2 aromatic carbocycles. The molecule has 4 aromatic rings. The molecule has 1 aliphatic heterocycles. The number of ether oxygens (including phenoxy) is 1. The second-order valence-electron chi connectivity index (χ2n) is 8.88. The van der Waals surface area contributed by atoms with Crippen molar-refractivity contribution >= 4 is 33.9 Å². The standard InChI is InChI=1S/C26H27N3O6/c1-34-17-6-7-21-18(14-17)19(15-29(21)13-10-23(30)31)24(26(32)33)28-11-8-16(9-12-28)25-27-20-4-2-3-5-22(20)35-25/h2-7,14-16,24H,8-13H2,1H3,(H,30,31)(H,32,33)/t24-/m0/s1. The van der Waals surface area contributed by atoms with Crippen LogP contribution in [0.4, 0.5) is 0 Å². The van der Waals surface area contributed by atoms with Gasteiger partial charge in [-0.15, -0.1) is 0 Å². The van der Waals surface area contributed by atoms with Gasteiger partial charge in [-0.1, -0.05) is 12.1 Å². The summed E-state index contributed by atoms with van der Waals surface area (Å²) in [6, 6.07) is 12.3. The number of piperidine rings is 1. The quantitative estimate of drug-likeness (QED) is 0.386. The Hall–Kier alpha value is -3.85. The molecule has 9 heteroatoms. The average molecular weight is 478 g/mol. The third-order valence-electron chi connectivity index (χ3n) is 6.77. The molecule has 5 rings (SSSR count). The summed E-state index contributed by atoms with van der Waals surface area (Å²) in [4.78, 5) is 30.3. The van der Waals surface area contributed by atoms with Crippen molar-refractivity contribution in [2.24, 2.45) is 0 Å². The van der Waals surface area contributed by atoms with E-state index in [9.17, 15) is 14.7 Å². The summed E-state index contributed by atoms with van der Waals surface area (Å²) >= 11 is 0. The number of fused-ring (bicyclic) bond motifs is 2. The molecule has 0 saturated carbocycles. The second kappa shape index (κ2) is 9.42. The van der Waals surface area contributed by atoms with Gasteiger partial charge in [-0.25, -0.2) is 4.98 Å². The lowest BCUT2D eigenvalue weighted by atomic mass is 9.94. The highest BCUT2D eigenvalue weighted by atomic mass is 16.5. The third-order valence-corrected chi connectivity index (χ3v) is 6.77. The Balaban J connectivity index is 1.43. The molecule has 2 N–H and O–H groups in total. The van der Waals surface area contributed by atoms with Gasteiger partial charge in [-0.3, -0.25) is 14.5 Å². The molecule has 2 aromatic heterocycles. The monoisotopic (exact) mass is 477 g/mol. The first-order valence-electron chi connectivity index (χ1n) is 11.7. The van der Waals surface area contributed by atoms with Crippen molar-refractivity contribution in [2.45, 2.75) is 37.8 Å². The van der Waals surface area contributed by atoms with Gasteiger partial charge < -0.3 is 23.9 Å². The second-order valence-corrected chi connectivity index (χ2v) is 8.88. The first-order valence-corrected chi connectivity index (χ1v) is 11.7. The molecular formula is C26H27N3O6. The minimum atomic E-state index is -0.939. The largest absolute Gasteiger partial charge is 0.497 e. The molecule has 9 nitrogen and oxygen atoms in total. The Kier molecular flexibility index (Phi) is 6.17. The van der Waals surface area contributed by atoms with E-state index in [0.29, 0.717) is 30.3 Å². The van der Waals surface area contributed by atoms with Gasteiger partial charge >= 0.3 is 11.9 Å². The van der Waals surface area contributed by atoms with E-state index in [2.05, 4.69) is 4.98 Å². The maximum Gasteiger partial charge on any atom is 0.325 e. The number of hydrogen-bond donors (Lipinski definition) is 2. The number of aliphatic carboxylic acids is 2. The predicted molar refractivity (Wildman–Crippen MR) is 129 cm³/mol. The normalized spacial score (nSPS) is 16.0. The average Bonchev–Trinajstić information content (AvgIpc) is 3.44. The van der Waals surface area contributed by atoms with Gasteiger partial charge in [0.15, 0.2) is 11.5 Å². The molecule has 1 aliphatic rings. The number of aryl methyl sites for hydroxylation is 1. The van der Waals surface area contributed by atoms with Crippen LogP contribution in [0.3, 0.4) is 0 Å². The van der Waals surface area contributed by atoms with Crippen molar-refractivity contribution in [1.29, 1.82) is 0 Å². The van der Waals surface area contributed by atoms with Crippen LogP contribution >= 0.6 is 0 Å². The minimum absolute atomic E-state index is 0.0527. The van der Waals surface area contributed by atoms with Gasteiger partial charge in [0.1, 0.15) is 17.3 Å². The first-order chi connectivity index (χ1) is 16.9. The number of para-hydroxylation sites is 2. The highest BCUT2D eigenvalue weighted by molar-refractivity contribution is 5.90. The number of benzene rings is 2. The van der Waals surface area contributed by atoms with Crippen molar-refractivity contribution < 1.29 is 29.0 Å². The van der Waals surface area contributed by atoms with Crippen LogP contribution in [0.1, 0.15) is 42.7 Å². The molecule has 182 valence electrons. The summed E-state index contributed by atoms with van der Waals surface area (Å²) in [6.07, 6.45) is 3.19. The van der Waals surface area contributed by atoms with Gasteiger partial charge in [0, 0.05) is 48.2 Å². The fourth-order valence-corrected chi connectivity index (χ4v) is 5.00. The van der Waals surface area contributed by atoms with Crippen LogP contribution in [0, 0.1) is 0 Å². The number of rotatable bonds is 8. The number of carbonyl (C=O) groups is 2. The van der Waals surface area contributed by atoms with E-state index in [-0.39, 0.29) is 18.9 Å². The summed E-state index contributed by atoms with van der Waals surface area (Å²) in [7, 11) is 1.56. The highest BCUT2D eigenvalue weighted by Gasteiger charge is 2.35. The summed E-state index contributed by atoms with van der Waals surface area (Å²) < 4.78 is 13.2.